The molecule has 0 bridgehead atoms. The Labute approximate surface area is 145 Å². The zero-order chi connectivity index (χ0) is 17.2. The lowest BCUT2D eigenvalue weighted by Crippen LogP contribution is -2.27. The third kappa shape index (κ3) is 3.01. The summed E-state index contributed by atoms with van der Waals surface area (Å²) in [6, 6.07) is 16.8. The Hall–Kier alpha value is -2.35. The minimum atomic E-state index is 0.0225. The van der Waals surface area contributed by atoms with Crippen molar-refractivity contribution in [3.63, 3.8) is 0 Å². The summed E-state index contributed by atoms with van der Waals surface area (Å²) < 4.78 is 2.49. The highest BCUT2D eigenvalue weighted by Gasteiger charge is 2.43. The number of hydrogen-bond acceptors (Lipinski definition) is 1. The van der Waals surface area contributed by atoms with Crippen LogP contribution in [0.25, 0.3) is 6.08 Å². The first-order valence-electron chi connectivity index (χ1n) is 8.82. The molecule has 2 N–H and O–H groups in total. The smallest absolute Gasteiger partial charge is 0.209 e. The molecule has 1 heterocycles. The second-order valence-corrected chi connectivity index (χ2v) is 7.03. The lowest BCUT2D eigenvalue weighted by molar-refractivity contribution is -0.438. The third-order valence-corrected chi connectivity index (χ3v) is 4.90. The molecule has 0 aliphatic carbocycles. The number of anilines is 1. The van der Waals surface area contributed by atoms with Crippen LogP contribution in [-0.4, -0.2) is 16.8 Å². The molecule has 2 aromatic carbocycles. The van der Waals surface area contributed by atoms with Crippen LogP contribution >= 0.6 is 0 Å². The van der Waals surface area contributed by atoms with Crippen molar-refractivity contribution < 1.29 is 4.58 Å². The Morgan fingerprint density at radius 1 is 1.00 bits per heavy atom. The van der Waals surface area contributed by atoms with Gasteiger partial charge in [-0.05, 0) is 37.6 Å². The van der Waals surface area contributed by atoms with E-state index in [1.165, 1.54) is 35.4 Å². The van der Waals surface area contributed by atoms with Gasteiger partial charge >= 0.3 is 0 Å². The van der Waals surface area contributed by atoms with Gasteiger partial charge in [0.05, 0.1) is 5.41 Å². The number of allylic oxidation sites excluding steroid dienone is 1. The molecule has 0 amide bonds. The summed E-state index contributed by atoms with van der Waals surface area (Å²) in [6.07, 6.45) is 6.88. The predicted octanol–water partition coefficient (Wildman–Crippen LogP) is 5.16. The second-order valence-electron chi connectivity index (χ2n) is 7.03. The Morgan fingerprint density at radius 2 is 1.71 bits per heavy atom. The summed E-state index contributed by atoms with van der Waals surface area (Å²) in [4.78, 5) is 0. The molecule has 2 aromatic rings. The van der Waals surface area contributed by atoms with Gasteiger partial charge in [0.2, 0.25) is 5.69 Å². The van der Waals surface area contributed by atoms with E-state index in [2.05, 4.69) is 73.9 Å². The maximum Gasteiger partial charge on any atom is 0.209 e. The van der Waals surface area contributed by atoms with Crippen LogP contribution in [0.15, 0.2) is 54.6 Å². The molecule has 24 heavy (non-hydrogen) atoms. The van der Waals surface area contributed by atoms with Crippen LogP contribution in [0.2, 0.25) is 0 Å². The average molecular weight is 319 g/mol. The van der Waals surface area contributed by atoms with Crippen LogP contribution in [0.5, 0.6) is 0 Å². The molecule has 0 fully saturated rings. The van der Waals surface area contributed by atoms with Gasteiger partial charge in [0, 0.05) is 29.8 Å². The first-order valence-corrected chi connectivity index (χ1v) is 8.82. The number of fused-ring (bicyclic) bond motifs is 1. The van der Waals surface area contributed by atoms with Gasteiger partial charge in [-0.15, -0.1) is 0 Å². The van der Waals surface area contributed by atoms with Crippen molar-refractivity contribution in [1.29, 1.82) is 0 Å². The Morgan fingerprint density at radius 3 is 2.42 bits per heavy atom. The monoisotopic (exact) mass is 319 g/mol. The maximum absolute atomic E-state index is 5.78. The van der Waals surface area contributed by atoms with Crippen LogP contribution in [-0.2, 0) is 5.41 Å². The Bertz CT molecular complexity index is 780. The molecule has 1 aliphatic rings. The average Bonchev–Trinajstić information content (AvgIpc) is 2.80. The maximum atomic E-state index is 5.78. The molecule has 1 aliphatic heterocycles. The quantitative estimate of drug-likeness (QED) is 0.598. The lowest BCUT2D eigenvalue weighted by Gasteiger charge is -2.15. The minimum Gasteiger partial charge on any atom is -0.399 e. The van der Waals surface area contributed by atoms with Crippen molar-refractivity contribution >= 4 is 23.2 Å². The summed E-state index contributed by atoms with van der Waals surface area (Å²) in [5.74, 6) is 0. The fourth-order valence-corrected chi connectivity index (χ4v) is 3.48. The Kier molecular flexibility index (Phi) is 4.57. The second kappa shape index (κ2) is 6.64. The standard InChI is InChI=1S/C22H26N2/c1-4-5-16-24-20-9-7-6-8-19(20)22(2,3)21(24)15-12-17-10-13-18(23)14-11-17/h6-15,23H,4-5,16H2,1-3H3/p+1. The van der Waals surface area contributed by atoms with Crippen LogP contribution in [0.3, 0.4) is 0 Å². The summed E-state index contributed by atoms with van der Waals surface area (Å²) in [6.45, 7) is 7.95. The summed E-state index contributed by atoms with van der Waals surface area (Å²) in [5.41, 5.74) is 11.9. The number of unbranched alkanes of at least 4 members (excludes halogenated alkanes) is 1. The number of para-hydroxylation sites is 1. The van der Waals surface area contributed by atoms with Gasteiger partial charge in [0.1, 0.15) is 6.54 Å². The van der Waals surface area contributed by atoms with E-state index in [-0.39, 0.29) is 5.41 Å². The fraction of sp³-hybridized carbons (Fsp3) is 0.318. The topological polar surface area (TPSA) is 29.0 Å². The number of nitrogen functional groups attached to an aromatic ring is 1. The highest BCUT2D eigenvalue weighted by molar-refractivity contribution is 6.05. The van der Waals surface area contributed by atoms with E-state index in [4.69, 9.17) is 5.73 Å². The van der Waals surface area contributed by atoms with Gasteiger partial charge < -0.3 is 5.73 Å². The molecule has 2 nitrogen and oxygen atoms in total. The van der Waals surface area contributed by atoms with E-state index in [1.54, 1.807) is 0 Å². The molecule has 2 heteroatoms. The molecular weight excluding hydrogens is 292 g/mol. The van der Waals surface area contributed by atoms with Crippen molar-refractivity contribution in [3.05, 3.63) is 65.7 Å². The van der Waals surface area contributed by atoms with E-state index in [9.17, 15) is 0 Å². The fourth-order valence-electron chi connectivity index (χ4n) is 3.48. The minimum absolute atomic E-state index is 0.0225. The molecule has 0 unspecified atom stereocenters. The number of benzene rings is 2. The van der Waals surface area contributed by atoms with Crippen molar-refractivity contribution in [2.75, 3.05) is 12.3 Å². The zero-order valence-electron chi connectivity index (χ0n) is 14.9. The predicted molar refractivity (Wildman–Crippen MR) is 104 cm³/mol. The molecule has 3 rings (SSSR count). The molecule has 0 radical (unpaired) electrons. The molecule has 124 valence electrons. The number of hydrogen-bond donors (Lipinski definition) is 1. The van der Waals surface area contributed by atoms with Gasteiger partial charge in [-0.1, -0.05) is 43.7 Å². The molecule has 0 aromatic heterocycles. The molecule has 0 atom stereocenters. The highest BCUT2D eigenvalue weighted by atomic mass is 15.1. The highest BCUT2D eigenvalue weighted by Crippen LogP contribution is 2.40. The van der Waals surface area contributed by atoms with E-state index >= 15 is 0 Å². The SMILES string of the molecule is CCCC[N+]1=C(/C=C/c2ccc(N)cc2)C(C)(C)c2ccccc21. The van der Waals surface area contributed by atoms with Gasteiger partial charge in [-0.25, -0.2) is 0 Å². The van der Waals surface area contributed by atoms with Gasteiger partial charge in [-0.3, -0.25) is 0 Å². The van der Waals surface area contributed by atoms with Gasteiger partial charge in [0.15, 0.2) is 5.71 Å². The van der Waals surface area contributed by atoms with Gasteiger partial charge in [-0.2, -0.15) is 4.58 Å². The van der Waals surface area contributed by atoms with Crippen LogP contribution in [0.4, 0.5) is 11.4 Å². The van der Waals surface area contributed by atoms with Crippen molar-refractivity contribution in [3.8, 4) is 0 Å². The van der Waals surface area contributed by atoms with Crippen LogP contribution in [0.1, 0.15) is 44.7 Å². The van der Waals surface area contributed by atoms with Crippen molar-refractivity contribution in [1.82, 2.24) is 0 Å². The zero-order valence-corrected chi connectivity index (χ0v) is 14.9. The van der Waals surface area contributed by atoms with Gasteiger partial charge in [0.25, 0.3) is 0 Å². The first-order chi connectivity index (χ1) is 11.5. The van der Waals surface area contributed by atoms with Crippen LogP contribution in [0, 0.1) is 0 Å². The van der Waals surface area contributed by atoms with Crippen molar-refractivity contribution in [2.24, 2.45) is 0 Å². The van der Waals surface area contributed by atoms with E-state index < -0.39 is 0 Å². The Balaban J connectivity index is 2.02. The summed E-state index contributed by atoms with van der Waals surface area (Å²) >= 11 is 0. The largest absolute Gasteiger partial charge is 0.399 e. The lowest BCUT2D eigenvalue weighted by atomic mass is 9.81. The van der Waals surface area contributed by atoms with Crippen LogP contribution < -0.4 is 5.73 Å². The normalized spacial score (nSPS) is 16.0. The van der Waals surface area contributed by atoms with E-state index in [0.717, 1.165) is 12.2 Å². The molecule has 0 saturated carbocycles. The number of nitrogens with two attached hydrogens (primary N) is 1. The number of rotatable bonds is 5. The summed E-state index contributed by atoms with van der Waals surface area (Å²) in [5, 5.41) is 0. The third-order valence-electron chi connectivity index (χ3n) is 4.90. The number of nitrogens with zero attached hydrogens (tertiary/aromatic N) is 1. The molecule has 0 spiro atoms. The molecular formula is C22H27N2+. The van der Waals surface area contributed by atoms with E-state index in [1.807, 2.05) is 12.1 Å². The summed E-state index contributed by atoms with van der Waals surface area (Å²) in [7, 11) is 0. The van der Waals surface area contributed by atoms with E-state index in [0.29, 0.717) is 0 Å². The van der Waals surface area contributed by atoms with Crippen molar-refractivity contribution in [2.45, 2.75) is 39.0 Å². The first kappa shape index (κ1) is 16.5. The molecule has 0 saturated heterocycles.